The highest BCUT2D eigenvalue weighted by molar-refractivity contribution is 6.12. The molecule has 3 aliphatic rings. The van der Waals surface area contributed by atoms with Crippen LogP contribution < -0.4 is 0 Å². The lowest BCUT2D eigenvalue weighted by atomic mass is 10.0. The van der Waals surface area contributed by atoms with Crippen LogP contribution in [0, 0.1) is 22.7 Å². The lowest BCUT2D eigenvalue weighted by Gasteiger charge is -2.14. The number of amides is 2. The number of imide groups is 1. The molecule has 0 aromatic carbocycles. The van der Waals surface area contributed by atoms with Crippen molar-refractivity contribution in [2.24, 2.45) is 22.7 Å². The third-order valence-electron chi connectivity index (χ3n) is 4.71. The summed E-state index contributed by atoms with van der Waals surface area (Å²) in [4.78, 5) is 36.3. The molecule has 1 heterocycles. The minimum atomic E-state index is -0.621. The van der Waals surface area contributed by atoms with Crippen LogP contribution in [-0.2, 0) is 19.1 Å². The summed E-state index contributed by atoms with van der Waals surface area (Å²) in [5.74, 6) is -1.11. The largest absolute Gasteiger partial charge is 0.469 e. The quantitative estimate of drug-likeness (QED) is 0.456. The van der Waals surface area contributed by atoms with Gasteiger partial charge in [0.15, 0.2) is 0 Å². The summed E-state index contributed by atoms with van der Waals surface area (Å²) in [6.07, 6.45) is 0.604. The highest BCUT2D eigenvalue weighted by Crippen LogP contribution is 2.86. The first-order valence-electron chi connectivity index (χ1n) is 5.31. The summed E-state index contributed by atoms with van der Waals surface area (Å²) in [5.41, 5.74) is -1.02. The predicted octanol–water partition coefficient (Wildman–Crippen LogP) is -0.200. The molecule has 1 aliphatic heterocycles. The van der Waals surface area contributed by atoms with E-state index >= 15 is 0 Å². The van der Waals surface area contributed by atoms with Gasteiger partial charge >= 0.3 is 5.97 Å². The van der Waals surface area contributed by atoms with E-state index in [4.69, 9.17) is 4.74 Å². The molecule has 3 atom stereocenters. The molecule has 0 N–H and O–H groups in total. The summed E-state index contributed by atoms with van der Waals surface area (Å²) in [6.45, 7) is 1.79. The standard InChI is InChI=1S/C11H13NO4/c1-10(9(15)16-3)4-11(10)5-6(11)8(14)12(2)7(5)13/h5-6H,4H2,1-3H3/t5?,6?,10-,11?/m1/s1. The Morgan fingerprint density at radius 3 is 2.31 bits per heavy atom. The van der Waals surface area contributed by atoms with E-state index in [1.54, 1.807) is 6.92 Å². The zero-order valence-electron chi connectivity index (χ0n) is 9.44. The second-order valence-electron chi connectivity index (χ2n) is 5.23. The molecule has 5 heteroatoms. The number of carbonyl (C=O) groups is 3. The number of carbonyl (C=O) groups excluding carboxylic acids is 3. The van der Waals surface area contributed by atoms with Crippen molar-refractivity contribution < 1.29 is 19.1 Å². The molecular formula is C11H13NO4. The topological polar surface area (TPSA) is 63.7 Å². The zero-order chi connectivity index (χ0) is 11.9. The van der Waals surface area contributed by atoms with E-state index in [1.807, 2.05) is 0 Å². The van der Waals surface area contributed by atoms with Crippen molar-refractivity contribution in [2.75, 3.05) is 14.2 Å². The number of likely N-dealkylation sites (tertiary alicyclic amines) is 1. The van der Waals surface area contributed by atoms with Crippen LogP contribution in [0.3, 0.4) is 0 Å². The van der Waals surface area contributed by atoms with Crippen LogP contribution in [0.25, 0.3) is 0 Å². The molecule has 2 unspecified atom stereocenters. The fourth-order valence-electron chi connectivity index (χ4n) is 3.63. The molecule has 3 fully saturated rings. The van der Waals surface area contributed by atoms with Gasteiger partial charge < -0.3 is 4.74 Å². The third kappa shape index (κ3) is 0.691. The van der Waals surface area contributed by atoms with E-state index in [1.165, 1.54) is 19.1 Å². The molecule has 0 bridgehead atoms. The number of fused-ring (bicyclic) bond motifs is 3. The molecule has 1 saturated heterocycles. The summed E-state index contributed by atoms with van der Waals surface area (Å²) in [5, 5.41) is 0. The lowest BCUT2D eigenvalue weighted by molar-refractivity contribution is -0.148. The maximum Gasteiger partial charge on any atom is 0.312 e. The average Bonchev–Trinajstić information content (AvgIpc) is 3.07. The van der Waals surface area contributed by atoms with Gasteiger partial charge in [-0.3, -0.25) is 19.3 Å². The predicted molar refractivity (Wildman–Crippen MR) is 51.9 cm³/mol. The van der Waals surface area contributed by atoms with Crippen molar-refractivity contribution >= 4 is 17.8 Å². The van der Waals surface area contributed by atoms with E-state index in [9.17, 15) is 14.4 Å². The Kier molecular flexibility index (Phi) is 1.42. The Morgan fingerprint density at radius 2 is 1.88 bits per heavy atom. The summed E-state index contributed by atoms with van der Waals surface area (Å²) in [6, 6.07) is 0. The Bertz CT molecular complexity index is 421. The lowest BCUT2D eigenvalue weighted by Crippen LogP contribution is -2.33. The number of hydrogen-bond acceptors (Lipinski definition) is 4. The van der Waals surface area contributed by atoms with Crippen molar-refractivity contribution in [3.63, 3.8) is 0 Å². The number of esters is 1. The van der Waals surface area contributed by atoms with Crippen LogP contribution in [0.1, 0.15) is 13.3 Å². The molecule has 2 saturated carbocycles. The van der Waals surface area contributed by atoms with Gasteiger partial charge in [0.25, 0.3) is 0 Å². The van der Waals surface area contributed by atoms with Crippen molar-refractivity contribution in [3.8, 4) is 0 Å². The van der Waals surface area contributed by atoms with Gasteiger partial charge in [-0.25, -0.2) is 0 Å². The fourth-order valence-corrected chi connectivity index (χ4v) is 3.63. The molecule has 2 amide bonds. The van der Waals surface area contributed by atoms with Gasteiger partial charge in [0, 0.05) is 12.5 Å². The Hall–Kier alpha value is -1.39. The summed E-state index contributed by atoms with van der Waals surface area (Å²) in [7, 11) is 2.84. The van der Waals surface area contributed by atoms with Crippen LogP contribution in [0.5, 0.6) is 0 Å². The van der Waals surface area contributed by atoms with E-state index in [-0.39, 0.29) is 29.6 Å². The van der Waals surface area contributed by atoms with Crippen LogP contribution in [0.2, 0.25) is 0 Å². The zero-order valence-corrected chi connectivity index (χ0v) is 9.44. The minimum absolute atomic E-state index is 0.136. The third-order valence-corrected chi connectivity index (χ3v) is 4.71. The monoisotopic (exact) mass is 223 g/mol. The van der Waals surface area contributed by atoms with Gasteiger partial charge in [-0.15, -0.1) is 0 Å². The van der Waals surface area contributed by atoms with Crippen molar-refractivity contribution in [1.82, 2.24) is 4.90 Å². The first-order chi connectivity index (χ1) is 7.41. The maximum atomic E-state index is 11.8. The second-order valence-corrected chi connectivity index (χ2v) is 5.23. The smallest absolute Gasteiger partial charge is 0.312 e. The molecular weight excluding hydrogens is 210 g/mol. The molecule has 1 spiro atoms. The molecule has 16 heavy (non-hydrogen) atoms. The van der Waals surface area contributed by atoms with Gasteiger partial charge in [0.1, 0.15) is 0 Å². The molecule has 0 aromatic heterocycles. The first kappa shape index (κ1) is 9.81. The number of piperidine rings is 1. The Balaban J connectivity index is 1.92. The van der Waals surface area contributed by atoms with E-state index in [0.29, 0.717) is 6.42 Å². The maximum absolute atomic E-state index is 11.8. The van der Waals surface area contributed by atoms with Crippen molar-refractivity contribution in [3.05, 3.63) is 0 Å². The number of nitrogens with zero attached hydrogens (tertiary/aromatic N) is 1. The molecule has 5 nitrogen and oxygen atoms in total. The number of ether oxygens (including phenoxy) is 1. The van der Waals surface area contributed by atoms with Crippen LogP contribution in [0.4, 0.5) is 0 Å². The number of rotatable bonds is 1. The summed E-state index contributed by atoms with van der Waals surface area (Å²) < 4.78 is 4.74. The van der Waals surface area contributed by atoms with Crippen LogP contribution >= 0.6 is 0 Å². The van der Waals surface area contributed by atoms with E-state index in [2.05, 4.69) is 0 Å². The van der Waals surface area contributed by atoms with Gasteiger partial charge in [0.05, 0.1) is 24.4 Å². The van der Waals surface area contributed by atoms with Crippen LogP contribution in [0.15, 0.2) is 0 Å². The van der Waals surface area contributed by atoms with E-state index in [0.717, 1.165) is 0 Å². The minimum Gasteiger partial charge on any atom is -0.469 e. The highest BCUT2D eigenvalue weighted by Gasteiger charge is 2.93. The summed E-state index contributed by atoms with van der Waals surface area (Å²) >= 11 is 0. The van der Waals surface area contributed by atoms with Crippen molar-refractivity contribution in [2.45, 2.75) is 13.3 Å². The Morgan fingerprint density at radius 1 is 1.38 bits per heavy atom. The van der Waals surface area contributed by atoms with Crippen LogP contribution in [-0.4, -0.2) is 36.8 Å². The number of hydrogen-bond donors (Lipinski definition) is 0. The second kappa shape index (κ2) is 2.31. The normalized spacial score (nSPS) is 48.3. The molecule has 86 valence electrons. The number of methoxy groups -OCH3 is 1. The molecule has 0 aromatic rings. The Labute approximate surface area is 92.7 Å². The van der Waals surface area contributed by atoms with Crippen molar-refractivity contribution in [1.29, 1.82) is 0 Å². The molecule has 3 rings (SSSR count). The SMILES string of the molecule is COC(=O)[C@@]1(C)CC12C1C(=O)N(C)C(=O)C12. The highest BCUT2D eigenvalue weighted by atomic mass is 16.5. The van der Waals surface area contributed by atoms with Gasteiger partial charge in [-0.2, -0.15) is 0 Å². The molecule has 0 radical (unpaired) electrons. The van der Waals surface area contributed by atoms with Gasteiger partial charge in [0.2, 0.25) is 11.8 Å². The van der Waals surface area contributed by atoms with Gasteiger partial charge in [-0.1, -0.05) is 0 Å². The first-order valence-corrected chi connectivity index (χ1v) is 5.31. The van der Waals surface area contributed by atoms with Gasteiger partial charge in [-0.05, 0) is 13.3 Å². The van der Waals surface area contributed by atoms with E-state index < -0.39 is 10.8 Å². The fraction of sp³-hybridized carbons (Fsp3) is 0.727. The average molecular weight is 223 g/mol. The molecule has 2 aliphatic carbocycles.